The molecule has 0 amide bonds. The molecule has 0 heterocycles. The molecule has 0 saturated heterocycles. The van der Waals surface area contributed by atoms with E-state index in [4.69, 9.17) is 34.4 Å². The van der Waals surface area contributed by atoms with E-state index in [-0.39, 0.29) is 24.2 Å². The van der Waals surface area contributed by atoms with E-state index in [0.717, 1.165) is 22.5 Å². The van der Waals surface area contributed by atoms with Crippen molar-refractivity contribution >= 4 is 57.7 Å². The molecule has 0 aliphatic carbocycles. The third-order valence-electron chi connectivity index (χ3n) is 6.61. The SMILES string of the molecule is CC(C)N(C(=S)/N=C(/Nc1ccccc1N/C(=N/C(=S)N(C(C)C)C(C)C)c1ccccc1)c1ccccc1)C(C)C. The van der Waals surface area contributed by atoms with Gasteiger partial charge in [0.2, 0.25) is 0 Å². The van der Waals surface area contributed by atoms with Crippen molar-refractivity contribution < 1.29 is 0 Å². The zero-order valence-electron chi connectivity index (χ0n) is 26.0. The van der Waals surface area contributed by atoms with Gasteiger partial charge in [-0.3, -0.25) is 0 Å². The number of hydrogen-bond donors (Lipinski definition) is 2. The van der Waals surface area contributed by atoms with E-state index in [1.165, 1.54) is 0 Å². The summed E-state index contributed by atoms with van der Waals surface area (Å²) in [7, 11) is 0. The molecule has 0 aliphatic heterocycles. The lowest BCUT2D eigenvalue weighted by atomic mass is 10.1. The van der Waals surface area contributed by atoms with Crippen LogP contribution in [0.25, 0.3) is 0 Å². The Labute approximate surface area is 263 Å². The Morgan fingerprint density at radius 2 is 0.786 bits per heavy atom. The maximum absolute atomic E-state index is 5.85. The summed E-state index contributed by atoms with van der Waals surface area (Å²) in [5, 5.41) is 8.22. The van der Waals surface area contributed by atoms with Crippen molar-refractivity contribution in [3.63, 3.8) is 0 Å². The van der Waals surface area contributed by atoms with Gasteiger partial charge in [-0.25, -0.2) is 9.98 Å². The van der Waals surface area contributed by atoms with Crippen LogP contribution in [0.4, 0.5) is 11.4 Å². The monoisotopic (exact) mass is 600 g/mol. The topological polar surface area (TPSA) is 55.3 Å². The number of amidine groups is 2. The second-order valence-electron chi connectivity index (χ2n) is 11.2. The molecule has 0 spiro atoms. The van der Waals surface area contributed by atoms with Gasteiger partial charge in [0, 0.05) is 35.3 Å². The van der Waals surface area contributed by atoms with E-state index in [2.05, 4.69) is 75.8 Å². The fourth-order valence-electron chi connectivity index (χ4n) is 4.86. The second-order valence-corrected chi connectivity index (χ2v) is 11.9. The summed E-state index contributed by atoms with van der Waals surface area (Å²) in [5.74, 6) is 1.33. The molecule has 0 radical (unpaired) electrons. The summed E-state index contributed by atoms with van der Waals surface area (Å²) in [6, 6.07) is 29.0. The van der Waals surface area contributed by atoms with E-state index in [1.54, 1.807) is 0 Å². The molecule has 0 bridgehead atoms. The van der Waals surface area contributed by atoms with Crippen LogP contribution in [0.5, 0.6) is 0 Å². The van der Waals surface area contributed by atoms with E-state index < -0.39 is 0 Å². The van der Waals surface area contributed by atoms with Gasteiger partial charge < -0.3 is 20.4 Å². The highest BCUT2D eigenvalue weighted by Gasteiger charge is 2.20. The largest absolute Gasteiger partial charge is 0.343 e. The van der Waals surface area contributed by atoms with Crippen LogP contribution in [-0.2, 0) is 0 Å². The van der Waals surface area contributed by atoms with E-state index in [9.17, 15) is 0 Å². The second kappa shape index (κ2) is 15.6. The summed E-state index contributed by atoms with van der Waals surface area (Å²) >= 11 is 11.7. The first-order valence-corrected chi connectivity index (χ1v) is 15.4. The van der Waals surface area contributed by atoms with Crippen molar-refractivity contribution in [1.82, 2.24) is 9.80 Å². The Morgan fingerprint density at radius 3 is 1.07 bits per heavy atom. The van der Waals surface area contributed by atoms with Gasteiger partial charge in [-0.1, -0.05) is 72.8 Å². The van der Waals surface area contributed by atoms with Crippen LogP contribution in [0.15, 0.2) is 94.9 Å². The maximum Gasteiger partial charge on any atom is 0.197 e. The molecular weight excluding hydrogens is 557 g/mol. The van der Waals surface area contributed by atoms with Crippen LogP contribution in [0.2, 0.25) is 0 Å². The Morgan fingerprint density at radius 1 is 0.500 bits per heavy atom. The average Bonchev–Trinajstić information content (AvgIpc) is 2.93. The first-order valence-electron chi connectivity index (χ1n) is 14.6. The number of hydrogen-bond acceptors (Lipinski definition) is 2. The lowest BCUT2D eigenvalue weighted by Crippen LogP contribution is -2.41. The Bertz CT molecular complexity index is 1260. The van der Waals surface area contributed by atoms with Crippen molar-refractivity contribution in [2.24, 2.45) is 9.98 Å². The molecule has 0 fully saturated rings. The predicted molar refractivity (Wildman–Crippen MR) is 189 cm³/mol. The van der Waals surface area contributed by atoms with Crippen molar-refractivity contribution in [2.45, 2.75) is 79.6 Å². The molecule has 42 heavy (non-hydrogen) atoms. The fourth-order valence-corrected chi connectivity index (χ4v) is 5.89. The lowest BCUT2D eigenvalue weighted by Gasteiger charge is -2.31. The molecule has 0 aromatic heterocycles. The number of rotatable bonds is 8. The van der Waals surface area contributed by atoms with Gasteiger partial charge >= 0.3 is 0 Å². The average molecular weight is 601 g/mol. The van der Waals surface area contributed by atoms with Crippen molar-refractivity contribution in [3.05, 3.63) is 96.1 Å². The minimum absolute atomic E-state index is 0.219. The zero-order chi connectivity index (χ0) is 30.8. The van der Waals surface area contributed by atoms with E-state index in [0.29, 0.717) is 21.9 Å². The minimum Gasteiger partial charge on any atom is -0.343 e. The summed E-state index contributed by atoms with van der Waals surface area (Å²) in [6.07, 6.45) is 0. The van der Waals surface area contributed by atoms with Crippen LogP contribution in [0, 0.1) is 0 Å². The van der Waals surface area contributed by atoms with Gasteiger partial charge in [0.25, 0.3) is 0 Å². The van der Waals surface area contributed by atoms with Gasteiger partial charge in [-0.2, -0.15) is 0 Å². The molecule has 0 atom stereocenters. The number of thiocarbonyl (C=S) groups is 2. The van der Waals surface area contributed by atoms with Crippen LogP contribution >= 0.6 is 24.4 Å². The van der Waals surface area contributed by atoms with Crippen LogP contribution in [0.1, 0.15) is 66.5 Å². The standard InChI is InChI=1S/C34H44N6S2/c1-23(2)39(24(3)4)33(41)37-31(27-17-11-9-12-18-27)35-29-21-15-16-22-30(29)36-32(28-19-13-10-14-20-28)38-34(42)40(25(5)6)26(7)8/h9-26H,1-8H3,(H,35,37,41)(H,36,38,42). The van der Waals surface area contributed by atoms with E-state index >= 15 is 0 Å². The smallest absolute Gasteiger partial charge is 0.197 e. The summed E-state index contributed by atoms with van der Waals surface area (Å²) in [4.78, 5) is 14.2. The first-order chi connectivity index (χ1) is 20.0. The normalized spacial score (nSPS) is 12.2. The van der Waals surface area contributed by atoms with Gasteiger partial charge in [-0.15, -0.1) is 0 Å². The van der Waals surface area contributed by atoms with Crippen molar-refractivity contribution in [2.75, 3.05) is 10.6 Å². The van der Waals surface area contributed by atoms with Crippen LogP contribution in [-0.4, -0.2) is 55.9 Å². The van der Waals surface area contributed by atoms with Gasteiger partial charge in [-0.05, 0) is 92.0 Å². The number of anilines is 2. The fraction of sp³-hybridized carbons (Fsp3) is 0.353. The molecule has 0 aliphatic rings. The van der Waals surface area contributed by atoms with Crippen molar-refractivity contribution in [3.8, 4) is 0 Å². The number of para-hydroxylation sites is 2. The number of nitrogens with zero attached hydrogens (tertiary/aromatic N) is 4. The first kappa shape index (κ1) is 32.9. The van der Waals surface area contributed by atoms with E-state index in [1.807, 2.05) is 84.9 Å². The van der Waals surface area contributed by atoms with Gasteiger partial charge in [0.15, 0.2) is 10.2 Å². The minimum atomic E-state index is 0.219. The molecule has 0 unspecified atom stereocenters. The third kappa shape index (κ3) is 8.94. The molecule has 0 saturated carbocycles. The van der Waals surface area contributed by atoms with Crippen LogP contribution < -0.4 is 10.6 Å². The third-order valence-corrected chi connectivity index (χ3v) is 7.21. The highest BCUT2D eigenvalue weighted by molar-refractivity contribution is 7.80. The predicted octanol–water partition coefficient (Wildman–Crippen LogP) is 8.21. The Balaban J connectivity index is 2.06. The Kier molecular flexibility index (Phi) is 12.2. The summed E-state index contributed by atoms with van der Waals surface area (Å²) in [6.45, 7) is 17.0. The molecule has 8 heteroatoms. The molecule has 3 aromatic carbocycles. The molecule has 3 rings (SSSR count). The number of benzene rings is 3. The van der Waals surface area contributed by atoms with Crippen LogP contribution in [0.3, 0.4) is 0 Å². The zero-order valence-corrected chi connectivity index (χ0v) is 27.6. The molecule has 6 nitrogen and oxygen atoms in total. The maximum atomic E-state index is 5.85. The number of aliphatic imine (C=N–C) groups is 2. The van der Waals surface area contributed by atoms with Crippen molar-refractivity contribution in [1.29, 1.82) is 0 Å². The lowest BCUT2D eigenvalue weighted by molar-refractivity contribution is 0.294. The Hall–Kier alpha value is -3.62. The quantitative estimate of drug-likeness (QED) is 0.154. The summed E-state index contributed by atoms with van der Waals surface area (Å²) < 4.78 is 0. The summed E-state index contributed by atoms with van der Waals surface area (Å²) in [5.41, 5.74) is 3.54. The van der Waals surface area contributed by atoms with Gasteiger partial charge in [0.1, 0.15) is 11.7 Å². The number of nitrogens with one attached hydrogen (secondary N) is 2. The molecule has 2 N–H and O–H groups in total. The molecule has 3 aromatic rings. The van der Waals surface area contributed by atoms with Gasteiger partial charge in [0.05, 0.1) is 11.4 Å². The highest BCUT2D eigenvalue weighted by atomic mass is 32.1. The highest BCUT2D eigenvalue weighted by Crippen LogP contribution is 2.24. The molecule has 222 valence electrons. The molecular formula is C34H44N6S2.